The minimum absolute atomic E-state index is 0.0750. The summed E-state index contributed by atoms with van der Waals surface area (Å²) in [4.78, 5) is 30.8. The second kappa shape index (κ2) is 7.13. The highest BCUT2D eigenvalue weighted by molar-refractivity contribution is 6.31. The second-order valence-electron chi connectivity index (χ2n) is 7.18. The van der Waals surface area contributed by atoms with Crippen molar-refractivity contribution >= 4 is 17.5 Å². The summed E-state index contributed by atoms with van der Waals surface area (Å²) in [6.45, 7) is 0.260. The first-order valence-corrected chi connectivity index (χ1v) is 9.39. The van der Waals surface area contributed by atoms with E-state index >= 15 is 0 Å². The van der Waals surface area contributed by atoms with Crippen molar-refractivity contribution in [1.29, 1.82) is 0 Å². The molecule has 1 amide bonds. The summed E-state index contributed by atoms with van der Waals surface area (Å²) in [5.74, 6) is 0.187. The highest BCUT2D eigenvalue weighted by Gasteiger charge is 2.38. The molecule has 2 aromatic rings. The van der Waals surface area contributed by atoms with Crippen molar-refractivity contribution in [3.05, 3.63) is 44.9 Å². The van der Waals surface area contributed by atoms with Crippen molar-refractivity contribution in [2.45, 2.75) is 44.1 Å². The Morgan fingerprint density at radius 1 is 1.34 bits per heavy atom. The van der Waals surface area contributed by atoms with Crippen LogP contribution in [0.25, 0.3) is 0 Å². The van der Waals surface area contributed by atoms with Crippen molar-refractivity contribution in [3.63, 3.8) is 0 Å². The van der Waals surface area contributed by atoms with Gasteiger partial charge >= 0.3 is 11.9 Å². The van der Waals surface area contributed by atoms with E-state index in [4.69, 9.17) is 11.6 Å². The third-order valence-electron chi connectivity index (χ3n) is 5.13. The number of hydrogen-bond donors (Lipinski definition) is 1. The van der Waals surface area contributed by atoms with Crippen molar-refractivity contribution in [3.8, 4) is 0 Å². The summed E-state index contributed by atoms with van der Waals surface area (Å²) in [7, 11) is 0. The molecule has 2 aliphatic rings. The van der Waals surface area contributed by atoms with Crippen LogP contribution in [0.2, 0.25) is 5.02 Å². The van der Waals surface area contributed by atoms with E-state index in [1.165, 1.54) is 9.47 Å². The molecule has 1 atom stereocenters. The molecule has 4 rings (SSSR count). The first kappa shape index (κ1) is 19.9. The van der Waals surface area contributed by atoms with Crippen LogP contribution in [0.4, 0.5) is 13.2 Å². The van der Waals surface area contributed by atoms with E-state index in [1.54, 1.807) is 0 Å². The number of rotatable bonds is 3. The fraction of sp³-hybridized carbons (Fsp3) is 0.529. The number of pyridine rings is 1. The third-order valence-corrected chi connectivity index (χ3v) is 5.46. The number of fused-ring (bicyclic) bond motifs is 1. The molecule has 0 saturated carbocycles. The average molecular weight is 432 g/mol. The van der Waals surface area contributed by atoms with E-state index in [9.17, 15) is 27.9 Å². The lowest BCUT2D eigenvalue weighted by Crippen LogP contribution is -2.56. The Bertz CT molecular complexity index is 1010. The number of amides is 1. The van der Waals surface area contributed by atoms with Gasteiger partial charge in [-0.15, -0.1) is 0 Å². The summed E-state index contributed by atoms with van der Waals surface area (Å²) in [5.41, 5.74) is -1.45. The Morgan fingerprint density at radius 2 is 2.07 bits per heavy atom. The molecule has 12 heteroatoms. The standard InChI is InChI=1S/C17H17ClF3N5O3/c18-11-4-9(17(19,20)21)5-22-12(11)8-25-16(29)26-13(2-1-3-14(26)23-25)15(28)24-6-10(27)7-24/h4-5,10,13,27H,1-3,6-8H2/t13-/m1/s1. The van der Waals surface area contributed by atoms with Gasteiger partial charge in [-0.3, -0.25) is 14.3 Å². The maximum absolute atomic E-state index is 12.9. The lowest BCUT2D eigenvalue weighted by molar-refractivity contribution is -0.145. The number of β-amino-alcohol motifs (C(OH)–C–C–N with tert-alkyl or cyclic N) is 1. The molecular weight excluding hydrogens is 415 g/mol. The Labute approximate surface area is 167 Å². The molecule has 0 aromatic carbocycles. The van der Waals surface area contributed by atoms with E-state index in [0.717, 1.165) is 10.7 Å². The van der Waals surface area contributed by atoms with Gasteiger partial charge in [-0.05, 0) is 18.9 Å². The number of likely N-dealkylation sites (tertiary alicyclic amines) is 1. The van der Waals surface area contributed by atoms with Gasteiger partial charge in [0.05, 0.1) is 28.9 Å². The molecule has 0 spiro atoms. The lowest BCUT2D eigenvalue weighted by atomic mass is 10.0. The molecule has 1 N–H and O–H groups in total. The minimum atomic E-state index is -4.57. The van der Waals surface area contributed by atoms with Crippen molar-refractivity contribution in [1.82, 2.24) is 24.2 Å². The van der Waals surface area contributed by atoms with Gasteiger partial charge in [0.2, 0.25) is 5.91 Å². The SMILES string of the molecule is O=C([C@H]1CCCc2nn(Cc3ncc(C(F)(F)F)cc3Cl)c(=O)n21)N1CC(O)C1. The maximum atomic E-state index is 12.9. The molecule has 2 aromatic heterocycles. The number of halogens is 4. The molecule has 0 unspecified atom stereocenters. The van der Waals surface area contributed by atoms with Crippen LogP contribution < -0.4 is 5.69 Å². The van der Waals surface area contributed by atoms with Gasteiger partial charge in [-0.1, -0.05) is 11.6 Å². The van der Waals surface area contributed by atoms with E-state index in [0.29, 0.717) is 31.3 Å². The first-order chi connectivity index (χ1) is 13.6. The number of aliphatic hydroxyl groups excluding tert-OH is 1. The molecular formula is C17H17ClF3N5O3. The monoisotopic (exact) mass is 431 g/mol. The average Bonchev–Trinajstić information content (AvgIpc) is 2.95. The molecule has 8 nitrogen and oxygen atoms in total. The predicted molar refractivity (Wildman–Crippen MR) is 94.4 cm³/mol. The van der Waals surface area contributed by atoms with Crippen molar-refractivity contribution in [2.75, 3.05) is 13.1 Å². The lowest BCUT2D eigenvalue weighted by Gasteiger charge is -2.39. The number of hydrogen-bond acceptors (Lipinski definition) is 5. The van der Waals surface area contributed by atoms with E-state index < -0.39 is 29.6 Å². The predicted octanol–water partition coefficient (Wildman–Crippen LogP) is 1.24. The van der Waals surface area contributed by atoms with Crippen LogP contribution in [0.15, 0.2) is 17.1 Å². The fourth-order valence-electron chi connectivity index (χ4n) is 3.59. The van der Waals surface area contributed by atoms with E-state index in [2.05, 4.69) is 10.1 Å². The van der Waals surface area contributed by atoms with Crippen LogP contribution in [0.1, 0.15) is 36.0 Å². The quantitative estimate of drug-likeness (QED) is 0.789. The highest BCUT2D eigenvalue weighted by Crippen LogP contribution is 2.31. The second-order valence-corrected chi connectivity index (χ2v) is 7.59. The van der Waals surface area contributed by atoms with Gasteiger partial charge in [-0.25, -0.2) is 9.48 Å². The summed E-state index contributed by atoms with van der Waals surface area (Å²) < 4.78 is 40.7. The van der Waals surface area contributed by atoms with Crippen LogP contribution in [0.5, 0.6) is 0 Å². The zero-order chi connectivity index (χ0) is 20.9. The van der Waals surface area contributed by atoms with Crippen molar-refractivity contribution in [2.24, 2.45) is 0 Å². The number of nitrogens with zero attached hydrogens (tertiary/aromatic N) is 5. The number of aromatic nitrogens is 4. The number of alkyl halides is 3. The number of aliphatic hydroxyl groups is 1. The van der Waals surface area contributed by atoms with Gasteiger partial charge in [0.15, 0.2) is 0 Å². The third kappa shape index (κ3) is 3.64. The van der Waals surface area contributed by atoms with Crippen LogP contribution in [0, 0.1) is 0 Å². The minimum Gasteiger partial charge on any atom is -0.389 e. The first-order valence-electron chi connectivity index (χ1n) is 9.02. The van der Waals surface area contributed by atoms with Crippen LogP contribution in [0.3, 0.4) is 0 Å². The van der Waals surface area contributed by atoms with E-state index in [1.807, 2.05) is 0 Å². The van der Waals surface area contributed by atoms with Gasteiger partial charge in [0.25, 0.3) is 0 Å². The highest BCUT2D eigenvalue weighted by atomic mass is 35.5. The zero-order valence-electron chi connectivity index (χ0n) is 15.1. The summed E-state index contributed by atoms with van der Waals surface area (Å²) in [6.07, 6.45) is -2.81. The summed E-state index contributed by atoms with van der Waals surface area (Å²) >= 11 is 5.93. The molecule has 1 saturated heterocycles. The van der Waals surface area contributed by atoms with Crippen LogP contribution >= 0.6 is 11.6 Å². The molecule has 2 aliphatic heterocycles. The normalized spacial score (nSPS) is 19.8. The van der Waals surface area contributed by atoms with Crippen molar-refractivity contribution < 1.29 is 23.1 Å². The summed E-state index contributed by atoms with van der Waals surface area (Å²) in [5, 5.41) is 13.4. The Morgan fingerprint density at radius 3 is 2.69 bits per heavy atom. The van der Waals surface area contributed by atoms with Gasteiger partial charge in [-0.2, -0.15) is 18.3 Å². The van der Waals surface area contributed by atoms with Crippen LogP contribution in [-0.2, 0) is 23.9 Å². The maximum Gasteiger partial charge on any atom is 0.417 e. The Hall–Kier alpha value is -2.40. The summed E-state index contributed by atoms with van der Waals surface area (Å²) in [6, 6.07) is 0.0513. The Kier molecular flexibility index (Phi) is 4.89. The molecule has 0 radical (unpaired) electrons. The number of aryl methyl sites for hydroxylation is 1. The van der Waals surface area contributed by atoms with Gasteiger partial charge < -0.3 is 10.0 Å². The number of carbonyl (C=O) groups is 1. The van der Waals surface area contributed by atoms with Gasteiger partial charge in [0, 0.05) is 25.7 Å². The van der Waals surface area contributed by atoms with E-state index in [-0.39, 0.29) is 36.3 Å². The molecule has 0 aliphatic carbocycles. The zero-order valence-corrected chi connectivity index (χ0v) is 15.8. The molecule has 1 fully saturated rings. The molecule has 0 bridgehead atoms. The fourth-order valence-corrected chi connectivity index (χ4v) is 3.82. The van der Waals surface area contributed by atoms with Gasteiger partial charge in [0.1, 0.15) is 11.9 Å². The topological polar surface area (TPSA) is 93.2 Å². The molecule has 29 heavy (non-hydrogen) atoms. The smallest absolute Gasteiger partial charge is 0.389 e. The Balaban J connectivity index is 1.61. The molecule has 4 heterocycles. The molecule has 156 valence electrons. The van der Waals surface area contributed by atoms with Crippen LogP contribution in [-0.4, -0.2) is 54.4 Å². The largest absolute Gasteiger partial charge is 0.417 e. The number of carbonyl (C=O) groups excluding carboxylic acids is 1.